The minimum Gasteiger partial charge on any atom is -0.394 e. The molecule has 0 spiro atoms. The van der Waals surface area contributed by atoms with Gasteiger partial charge in [0.05, 0.1) is 18.8 Å². The summed E-state index contributed by atoms with van der Waals surface area (Å²) < 4.78 is 0. The van der Waals surface area contributed by atoms with Gasteiger partial charge < -0.3 is 25.7 Å². The molecule has 5 N–H and O–H groups in total. The molecule has 0 fully saturated rings. The van der Waals surface area contributed by atoms with Crippen molar-refractivity contribution in [3.8, 4) is 0 Å². The summed E-state index contributed by atoms with van der Waals surface area (Å²) in [7, 11) is 0. The SMILES string of the molecule is CCCCCCCCCCCCCC/C=C\CCCCCCCCCC(O)C(=O)NC(CO)C(O)C(O)CCC/C=C/CCCCCCCCCCCCCCCCCCCCCCCCC. The first kappa shape index (κ1) is 65.8. The van der Waals surface area contributed by atoms with Crippen LogP contribution in [0.15, 0.2) is 24.3 Å². The van der Waals surface area contributed by atoms with Crippen LogP contribution < -0.4 is 5.32 Å². The fourth-order valence-corrected chi connectivity index (χ4v) is 9.64. The van der Waals surface area contributed by atoms with Crippen molar-refractivity contribution in [3.05, 3.63) is 24.3 Å². The van der Waals surface area contributed by atoms with Crippen LogP contribution in [0.5, 0.6) is 0 Å². The molecule has 0 saturated carbocycles. The average Bonchev–Trinajstić information content (AvgIpc) is 3.33. The third-order valence-corrected chi connectivity index (χ3v) is 14.4. The van der Waals surface area contributed by atoms with Gasteiger partial charge in [0.1, 0.15) is 12.2 Å². The lowest BCUT2D eigenvalue weighted by molar-refractivity contribution is -0.132. The zero-order chi connectivity index (χ0) is 48.8. The zero-order valence-electron chi connectivity index (χ0n) is 45.2. The number of aliphatic hydroxyl groups is 4. The molecule has 1 amide bonds. The van der Waals surface area contributed by atoms with Gasteiger partial charge in [-0.3, -0.25) is 4.79 Å². The predicted octanol–water partition coefficient (Wildman–Crippen LogP) is 17.8. The molecule has 6 heteroatoms. The van der Waals surface area contributed by atoms with Crippen molar-refractivity contribution in [2.75, 3.05) is 6.61 Å². The van der Waals surface area contributed by atoms with Crippen LogP contribution in [0, 0.1) is 0 Å². The highest BCUT2D eigenvalue weighted by Gasteiger charge is 2.28. The highest BCUT2D eigenvalue weighted by Crippen LogP contribution is 2.18. The maximum Gasteiger partial charge on any atom is 0.249 e. The highest BCUT2D eigenvalue weighted by molar-refractivity contribution is 5.80. The monoisotopic (exact) mass is 946 g/mol. The number of carbonyl (C=O) groups excluding carboxylic acids is 1. The van der Waals surface area contributed by atoms with E-state index in [1.807, 2.05) is 0 Å². The summed E-state index contributed by atoms with van der Waals surface area (Å²) in [5.41, 5.74) is 0. The van der Waals surface area contributed by atoms with E-state index in [9.17, 15) is 25.2 Å². The Morgan fingerprint density at radius 1 is 0.358 bits per heavy atom. The van der Waals surface area contributed by atoms with Gasteiger partial charge in [0.25, 0.3) is 0 Å². The molecule has 0 aliphatic heterocycles. The molecular weight excluding hydrogens is 827 g/mol. The predicted molar refractivity (Wildman–Crippen MR) is 293 cm³/mol. The van der Waals surface area contributed by atoms with E-state index in [0.717, 1.165) is 38.5 Å². The van der Waals surface area contributed by atoms with Gasteiger partial charge in [0, 0.05) is 0 Å². The number of nitrogens with one attached hydrogen (secondary N) is 1. The Hall–Kier alpha value is -1.21. The van der Waals surface area contributed by atoms with Crippen molar-refractivity contribution in [3.63, 3.8) is 0 Å². The maximum atomic E-state index is 12.6. The molecule has 0 aromatic rings. The van der Waals surface area contributed by atoms with Gasteiger partial charge in [-0.05, 0) is 64.2 Å². The second-order valence-corrected chi connectivity index (χ2v) is 21.0. The fraction of sp³-hybridized carbons (Fsp3) is 0.918. The Morgan fingerprint density at radius 2 is 0.612 bits per heavy atom. The minimum atomic E-state index is -1.28. The fourth-order valence-electron chi connectivity index (χ4n) is 9.64. The first-order valence-corrected chi connectivity index (χ1v) is 30.2. The van der Waals surface area contributed by atoms with E-state index in [4.69, 9.17) is 0 Å². The molecule has 0 heterocycles. The van der Waals surface area contributed by atoms with Gasteiger partial charge in [-0.25, -0.2) is 0 Å². The van der Waals surface area contributed by atoms with E-state index >= 15 is 0 Å². The zero-order valence-corrected chi connectivity index (χ0v) is 45.2. The van der Waals surface area contributed by atoms with Crippen LogP contribution in [0.3, 0.4) is 0 Å². The number of unbranched alkanes of at least 4 members (excludes halogenated alkanes) is 43. The van der Waals surface area contributed by atoms with Crippen LogP contribution in [0.25, 0.3) is 0 Å². The Kier molecular flexibility index (Phi) is 54.7. The van der Waals surface area contributed by atoms with Crippen molar-refractivity contribution in [1.82, 2.24) is 5.32 Å². The molecule has 0 aliphatic rings. The van der Waals surface area contributed by atoms with E-state index in [-0.39, 0.29) is 0 Å². The summed E-state index contributed by atoms with van der Waals surface area (Å²) in [4.78, 5) is 12.6. The molecule has 0 rings (SSSR count). The first-order valence-electron chi connectivity index (χ1n) is 30.2. The van der Waals surface area contributed by atoms with Gasteiger partial charge in [0.15, 0.2) is 0 Å². The lowest BCUT2D eigenvalue weighted by Crippen LogP contribution is -2.53. The summed E-state index contributed by atoms with van der Waals surface area (Å²) in [6.45, 7) is 4.09. The van der Waals surface area contributed by atoms with Crippen molar-refractivity contribution in [2.45, 2.75) is 353 Å². The Bertz CT molecular complexity index is 1020. The van der Waals surface area contributed by atoms with Gasteiger partial charge in [-0.15, -0.1) is 0 Å². The number of allylic oxidation sites excluding steroid dienone is 4. The third-order valence-electron chi connectivity index (χ3n) is 14.4. The van der Waals surface area contributed by atoms with E-state index in [1.165, 1.54) is 263 Å². The van der Waals surface area contributed by atoms with E-state index in [1.54, 1.807) is 0 Å². The van der Waals surface area contributed by atoms with Crippen molar-refractivity contribution < 1.29 is 25.2 Å². The van der Waals surface area contributed by atoms with Gasteiger partial charge in [-0.1, -0.05) is 289 Å². The molecule has 4 unspecified atom stereocenters. The van der Waals surface area contributed by atoms with Crippen LogP contribution in [0.1, 0.15) is 328 Å². The largest absolute Gasteiger partial charge is 0.394 e. The molecule has 0 saturated heterocycles. The van der Waals surface area contributed by atoms with Gasteiger partial charge in [0.2, 0.25) is 5.91 Å². The van der Waals surface area contributed by atoms with Crippen LogP contribution in [0.2, 0.25) is 0 Å². The number of rotatable bonds is 56. The number of carbonyl (C=O) groups is 1. The molecule has 0 bridgehead atoms. The van der Waals surface area contributed by atoms with Crippen LogP contribution >= 0.6 is 0 Å². The molecule has 0 aromatic carbocycles. The minimum absolute atomic E-state index is 0.360. The summed E-state index contributed by atoms with van der Waals surface area (Å²) in [6.07, 6.45) is 68.4. The van der Waals surface area contributed by atoms with Crippen LogP contribution in [-0.4, -0.2) is 57.3 Å². The van der Waals surface area contributed by atoms with E-state index in [2.05, 4.69) is 43.5 Å². The molecule has 4 atom stereocenters. The van der Waals surface area contributed by atoms with Crippen LogP contribution in [0.4, 0.5) is 0 Å². The lowest BCUT2D eigenvalue weighted by Gasteiger charge is -2.27. The molecule has 0 aliphatic carbocycles. The number of amides is 1. The summed E-state index contributed by atoms with van der Waals surface area (Å²) in [5, 5.41) is 44.0. The Morgan fingerprint density at radius 3 is 0.896 bits per heavy atom. The normalized spacial score (nSPS) is 13.8. The van der Waals surface area contributed by atoms with Crippen molar-refractivity contribution in [1.29, 1.82) is 0 Å². The first-order chi connectivity index (χ1) is 33.0. The molecular formula is C61H119NO5. The smallest absolute Gasteiger partial charge is 0.249 e. The second-order valence-electron chi connectivity index (χ2n) is 21.0. The van der Waals surface area contributed by atoms with E-state index in [0.29, 0.717) is 12.8 Å². The Balaban J connectivity index is 3.63. The summed E-state index contributed by atoms with van der Waals surface area (Å²) >= 11 is 0. The molecule has 67 heavy (non-hydrogen) atoms. The topological polar surface area (TPSA) is 110 Å². The maximum absolute atomic E-state index is 12.6. The van der Waals surface area contributed by atoms with Crippen molar-refractivity contribution in [2.24, 2.45) is 0 Å². The van der Waals surface area contributed by atoms with E-state index < -0.39 is 36.9 Å². The lowest BCUT2D eigenvalue weighted by atomic mass is 10.00. The number of hydrogen-bond donors (Lipinski definition) is 5. The average molecular weight is 947 g/mol. The molecule has 0 radical (unpaired) electrons. The molecule has 0 aromatic heterocycles. The summed E-state index contributed by atoms with van der Waals surface area (Å²) in [6, 6.07) is -1.00. The van der Waals surface area contributed by atoms with Crippen LogP contribution in [-0.2, 0) is 4.79 Å². The van der Waals surface area contributed by atoms with Gasteiger partial charge in [-0.2, -0.15) is 0 Å². The summed E-state index contributed by atoms with van der Waals surface area (Å²) in [5.74, 6) is -0.592. The molecule has 398 valence electrons. The second kappa shape index (κ2) is 55.7. The molecule has 6 nitrogen and oxygen atoms in total. The number of hydrogen-bond acceptors (Lipinski definition) is 5. The van der Waals surface area contributed by atoms with Gasteiger partial charge >= 0.3 is 0 Å². The highest BCUT2D eigenvalue weighted by atomic mass is 16.3. The Labute approximate surface area is 418 Å². The van der Waals surface area contributed by atoms with Crippen molar-refractivity contribution >= 4 is 5.91 Å². The third kappa shape index (κ3) is 49.6. The quantitative estimate of drug-likeness (QED) is 0.0308. The standard InChI is InChI=1S/C61H119NO5/c1-3-5-7-9-11-13-15-17-19-21-23-25-27-28-29-30-31-33-34-36-38-40-42-44-46-48-50-52-54-58(64)60(66)57(56-63)62-61(67)59(65)55-53-51-49-47-45-43-41-39-37-35-32-26-24-22-20-18-16-14-12-10-8-6-4-2/h35,37,46,48,57-60,63-66H,3-34,36,38-45,47,49-56H2,1-2H3,(H,62,67)/b37-35-,48-46+. The number of aliphatic hydroxyl groups excluding tert-OH is 4.